The molecule has 3 N–H and O–H groups in total. The van der Waals surface area contributed by atoms with Gasteiger partial charge in [-0.25, -0.2) is 9.18 Å². The lowest BCUT2D eigenvalue weighted by Crippen LogP contribution is -2.33. The number of nitrogens with one attached hydrogen (secondary N) is 3. The van der Waals surface area contributed by atoms with Gasteiger partial charge in [0.2, 0.25) is 0 Å². The van der Waals surface area contributed by atoms with E-state index >= 15 is 0 Å². The second-order valence-corrected chi connectivity index (χ2v) is 4.43. The number of hydrazine groups is 1. The van der Waals surface area contributed by atoms with Gasteiger partial charge in [0.15, 0.2) is 0 Å². The minimum atomic E-state index is -0.825. The monoisotopic (exact) mass is 335 g/mol. The van der Waals surface area contributed by atoms with Gasteiger partial charge in [-0.2, -0.15) is 0 Å². The molecule has 124 valence electrons. The van der Waals surface area contributed by atoms with E-state index in [2.05, 4.69) is 16.2 Å². The van der Waals surface area contributed by atoms with Crippen LogP contribution in [0.5, 0.6) is 0 Å². The normalized spacial score (nSPS) is 9.88. The van der Waals surface area contributed by atoms with E-state index in [9.17, 15) is 29.4 Å². The number of nitro groups is 2. The Kier molecular flexibility index (Phi) is 4.84. The highest BCUT2D eigenvalue weighted by Gasteiger charge is 2.19. The van der Waals surface area contributed by atoms with Gasteiger partial charge in [0.25, 0.3) is 5.69 Å². The maximum atomic E-state index is 12.8. The van der Waals surface area contributed by atoms with Gasteiger partial charge < -0.3 is 5.32 Å². The first kappa shape index (κ1) is 16.6. The van der Waals surface area contributed by atoms with Crippen molar-refractivity contribution in [1.82, 2.24) is 5.43 Å². The van der Waals surface area contributed by atoms with Crippen LogP contribution in [0.2, 0.25) is 0 Å². The second-order valence-electron chi connectivity index (χ2n) is 4.43. The van der Waals surface area contributed by atoms with Crippen LogP contribution in [0, 0.1) is 26.0 Å². The number of amides is 2. The number of carbonyl (C=O) groups is 1. The van der Waals surface area contributed by atoms with Gasteiger partial charge in [0, 0.05) is 11.8 Å². The molecule has 0 fully saturated rings. The van der Waals surface area contributed by atoms with Gasteiger partial charge in [-0.05, 0) is 30.3 Å². The van der Waals surface area contributed by atoms with Crippen LogP contribution in [-0.2, 0) is 0 Å². The molecule has 0 saturated carbocycles. The Balaban J connectivity index is 2.05. The lowest BCUT2D eigenvalue weighted by Gasteiger charge is -2.10. The smallest absolute Gasteiger partial charge is 0.307 e. The number of urea groups is 1. The molecule has 0 aliphatic carbocycles. The van der Waals surface area contributed by atoms with Gasteiger partial charge in [0.05, 0.1) is 15.9 Å². The lowest BCUT2D eigenvalue weighted by molar-refractivity contribution is -0.393. The molecule has 0 atom stereocenters. The minimum absolute atomic E-state index is 0.139. The van der Waals surface area contributed by atoms with Crippen LogP contribution in [0.4, 0.5) is 31.9 Å². The average molecular weight is 335 g/mol. The van der Waals surface area contributed by atoms with Crippen molar-refractivity contribution in [3.8, 4) is 0 Å². The maximum absolute atomic E-state index is 12.8. The second kappa shape index (κ2) is 7.00. The highest BCUT2D eigenvalue weighted by Crippen LogP contribution is 2.28. The highest BCUT2D eigenvalue weighted by atomic mass is 19.1. The molecule has 0 aliphatic rings. The fraction of sp³-hybridized carbons (Fsp3) is 0. The molecule has 2 amide bonds. The van der Waals surface area contributed by atoms with Gasteiger partial charge in [-0.15, -0.1) is 0 Å². The molecule has 2 aromatic carbocycles. The summed E-state index contributed by atoms with van der Waals surface area (Å²) in [5, 5.41) is 23.9. The topological polar surface area (TPSA) is 139 Å². The van der Waals surface area contributed by atoms with E-state index in [4.69, 9.17) is 0 Å². The van der Waals surface area contributed by atoms with Crippen molar-refractivity contribution in [2.45, 2.75) is 0 Å². The fourth-order valence-electron chi connectivity index (χ4n) is 1.71. The number of nitrogens with zero attached hydrogens (tertiary/aromatic N) is 2. The molecule has 0 aliphatic heterocycles. The molecule has 0 heterocycles. The van der Waals surface area contributed by atoms with Crippen molar-refractivity contribution in [2.24, 2.45) is 0 Å². The largest absolute Gasteiger partial charge is 0.337 e. The molecule has 10 nitrogen and oxygen atoms in total. The number of hydrogen-bond acceptors (Lipinski definition) is 6. The van der Waals surface area contributed by atoms with E-state index in [1.807, 2.05) is 0 Å². The average Bonchev–Trinajstić information content (AvgIpc) is 2.54. The van der Waals surface area contributed by atoms with E-state index < -0.39 is 33.1 Å². The van der Waals surface area contributed by atoms with E-state index in [1.165, 1.54) is 12.1 Å². The molecule has 0 aromatic heterocycles. The van der Waals surface area contributed by atoms with Crippen molar-refractivity contribution in [2.75, 3.05) is 10.7 Å². The van der Waals surface area contributed by atoms with Gasteiger partial charge in [-0.1, -0.05) is 0 Å². The minimum Gasteiger partial charge on any atom is -0.307 e. The quantitative estimate of drug-likeness (QED) is 0.567. The first-order valence-corrected chi connectivity index (χ1v) is 6.38. The third kappa shape index (κ3) is 4.13. The Morgan fingerprint density at radius 1 is 1.00 bits per heavy atom. The van der Waals surface area contributed by atoms with E-state index in [0.29, 0.717) is 5.69 Å². The number of anilines is 2. The molecular weight excluding hydrogens is 325 g/mol. The summed E-state index contributed by atoms with van der Waals surface area (Å²) in [6.07, 6.45) is 0. The molecule has 24 heavy (non-hydrogen) atoms. The summed E-state index contributed by atoms with van der Waals surface area (Å²) in [6.45, 7) is 0. The number of non-ortho nitro benzene ring substituents is 1. The first-order chi connectivity index (χ1) is 11.4. The Hall–Kier alpha value is -3.76. The van der Waals surface area contributed by atoms with Gasteiger partial charge >= 0.3 is 11.7 Å². The Labute approximate surface area is 133 Å². The third-order valence-electron chi connectivity index (χ3n) is 2.80. The molecular formula is C13H10FN5O5. The number of rotatable bonds is 5. The van der Waals surface area contributed by atoms with E-state index in [-0.39, 0.29) is 5.69 Å². The Morgan fingerprint density at radius 3 is 2.25 bits per heavy atom. The molecule has 0 unspecified atom stereocenters. The number of halogens is 1. The zero-order valence-corrected chi connectivity index (χ0v) is 11.9. The molecule has 0 spiro atoms. The summed E-state index contributed by atoms with van der Waals surface area (Å²) in [5.41, 5.74) is 3.56. The number of nitro benzene ring substituents is 2. The molecule has 0 bridgehead atoms. The third-order valence-corrected chi connectivity index (χ3v) is 2.80. The van der Waals surface area contributed by atoms with E-state index in [1.54, 1.807) is 0 Å². The van der Waals surface area contributed by atoms with Crippen LogP contribution in [0.15, 0.2) is 42.5 Å². The van der Waals surface area contributed by atoms with Crippen molar-refractivity contribution in [3.05, 3.63) is 68.5 Å². The highest BCUT2D eigenvalue weighted by molar-refractivity contribution is 5.90. The van der Waals surface area contributed by atoms with Gasteiger partial charge in [-0.3, -0.25) is 31.1 Å². The summed E-state index contributed by atoms with van der Waals surface area (Å²) in [6, 6.07) is 7.07. The molecule has 11 heteroatoms. The fourth-order valence-corrected chi connectivity index (χ4v) is 1.71. The predicted octanol–water partition coefficient (Wildman–Crippen LogP) is 2.79. The van der Waals surface area contributed by atoms with Crippen LogP contribution in [0.1, 0.15) is 0 Å². The zero-order valence-electron chi connectivity index (χ0n) is 11.9. The maximum Gasteiger partial charge on any atom is 0.337 e. The molecule has 0 saturated heterocycles. The first-order valence-electron chi connectivity index (χ1n) is 6.38. The number of benzene rings is 2. The van der Waals surface area contributed by atoms with Crippen LogP contribution >= 0.6 is 0 Å². The van der Waals surface area contributed by atoms with Crippen molar-refractivity contribution < 1.29 is 19.0 Å². The zero-order chi connectivity index (χ0) is 17.7. The summed E-state index contributed by atoms with van der Waals surface area (Å²) in [5.74, 6) is -0.472. The summed E-state index contributed by atoms with van der Waals surface area (Å²) in [4.78, 5) is 31.7. The van der Waals surface area contributed by atoms with Crippen LogP contribution in [-0.4, -0.2) is 15.9 Å². The predicted molar refractivity (Wildman–Crippen MR) is 81.9 cm³/mol. The summed E-state index contributed by atoms with van der Waals surface area (Å²) < 4.78 is 12.8. The van der Waals surface area contributed by atoms with Crippen LogP contribution in [0.3, 0.4) is 0 Å². The standard InChI is InChI=1S/C13H10FN5O5/c14-8-1-3-9(4-2-8)15-13(20)17-16-11-6-5-10(18(21)22)7-12(11)19(23)24/h1-7,16H,(H2,15,17,20). The SMILES string of the molecule is O=C(NNc1ccc([N+](=O)[O-])cc1[N+](=O)[O-])Nc1ccc(F)cc1. The van der Waals surface area contributed by atoms with Crippen LogP contribution < -0.4 is 16.2 Å². The molecule has 0 radical (unpaired) electrons. The number of hydrogen-bond donors (Lipinski definition) is 3. The van der Waals surface area contributed by atoms with Crippen molar-refractivity contribution in [3.63, 3.8) is 0 Å². The lowest BCUT2D eigenvalue weighted by atomic mass is 10.2. The Bertz CT molecular complexity index is 796. The summed E-state index contributed by atoms with van der Waals surface area (Å²) >= 11 is 0. The molecule has 2 aromatic rings. The Morgan fingerprint density at radius 2 is 1.67 bits per heavy atom. The van der Waals surface area contributed by atoms with Crippen LogP contribution in [0.25, 0.3) is 0 Å². The van der Waals surface area contributed by atoms with Gasteiger partial charge in [0.1, 0.15) is 11.5 Å². The summed E-state index contributed by atoms with van der Waals surface area (Å²) in [7, 11) is 0. The van der Waals surface area contributed by atoms with E-state index in [0.717, 1.165) is 30.3 Å². The van der Waals surface area contributed by atoms with Crippen molar-refractivity contribution in [1.29, 1.82) is 0 Å². The van der Waals surface area contributed by atoms with Crippen molar-refractivity contribution >= 4 is 28.8 Å². The number of carbonyl (C=O) groups excluding carboxylic acids is 1. The molecule has 2 rings (SSSR count).